The second kappa shape index (κ2) is 12.6. The highest BCUT2D eigenvalue weighted by molar-refractivity contribution is 14.1. The van der Waals surface area contributed by atoms with E-state index in [2.05, 4.69) is 44.5 Å². The van der Waals surface area contributed by atoms with Crippen molar-refractivity contribution >= 4 is 46.5 Å². The fourth-order valence-electron chi connectivity index (χ4n) is 2.31. The number of hydrogen-bond acceptors (Lipinski definition) is 4. The first-order valence-corrected chi connectivity index (χ1v) is 9.82. The number of terminal acetylenes is 1. The summed E-state index contributed by atoms with van der Waals surface area (Å²) in [5, 5.41) is 25.3. The molecule has 1 rings (SSSR count). The number of unbranched alkanes of at least 4 members (excludes halogenated alkanes) is 1. The van der Waals surface area contributed by atoms with Crippen LogP contribution in [-0.2, 0) is 9.59 Å². The number of aliphatic carboxylic acids is 2. The number of nitrogens with one attached hydrogen (secondary N) is 3. The summed E-state index contributed by atoms with van der Waals surface area (Å²) in [5.41, 5.74) is 0.534. The fraction of sp³-hybridized carbons (Fsp3) is 0.368. The molecule has 1 aromatic carbocycles. The molecule has 0 aliphatic rings. The number of hydrogen-bond donors (Lipinski definition) is 5. The summed E-state index contributed by atoms with van der Waals surface area (Å²) in [6.07, 6.45) is 5.88. The van der Waals surface area contributed by atoms with Crippen molar-refractivity contribution in [2.45, 2.75) is 37.8 Å². The monoisotopic (exact) mass is 515 g/mol. The van der Waals surface area contributed by atoms with Gasteiger partial charge >= 0.3 is 18.0 Å². The standard InChI is InChI=1S/C19H22IN3O6/c1-2-5-14(17(25)26)22-19(29)23-15(18(27)28)6-3-4-11-21-16(24)12-7-9-13(20)10-8-12/h1,7-10,14-15H,3-6,11H2,(H,21,24)(H,25,26)(H,27,28)(H2,22,23,29)/t14-,15-/m0/s1. The molecular formula is C19H22IN3O6. The minimum Gasteiger partial charge on any atom is -0.480 e. The molecule has 0 bridgehead atoms. The Morgan fingerprint density at radius 1 is 1.00 bits per heavy atom. The van der Waals surface area contributed by atoms with Crippen molar-refractivity contribution in [1.29, 1.82) is 0 Å². The van der Waals surface area contributed by atoms with Crippen molar-refractivity contribution in [3.05, 3.63) is 33.4 Å². The van der Waals surface area contributed by atoms with E-state index in [1.165, 1.54) is 0 Å². The van der Waals surface area contributed by atoms with Crippen molar-refractivity contribution in [3.8, 4) is 12.3 Å². The molecule has 0 fully saturated rings. The van der Waals surface area contributed by atoms with Gasteiger partial charge in [0.1, 0.15) is 12.1 Å². The Labute approximate surface area is 181 Å². The lowest BCUT2D eigenvalue weighted by Crippen LogP contribution is -2.51. The van der Waals surface area contributed by atoms with E-state index in [1.807, 2.05) is 12.1 Å². The van der Waals surface area contributed by atoms with Gasteiger partial charge in [0, 0.05) is 22.1 Å². The van der Waals surface area contributed by atoms with Gasteiger partial charge in [-0.25, -0.2) is 14.4 Å². The van der Waals surface area contributed by atoms with Crippen LogP contribution in [0.3, 0.4) is 0 Å². The number of carbonyl (C=O) groups is 4. The SMILES string of the molecule is C#CC[C@H](NC(=O)N[C@@H](CCCCNC(=O)c1ccc(I)cc1)C(=O)O)C(=O)O. The Balaban J connectivity index is 2.38. The Bertz CT molecular complexity index is 775. The lowest BCUT2D eigenvalue weighted by molar-refractivity contribution is -0.139. The fourth-order valence-corrected chi connectivity index (χ4v) is 2.67. The van der Waals surface area contributed by atoms with Crippen LogP contribution in [0.25, 0.3) is 0 Å². The van der Waals surface area contributed by atoms with E-state index in [0.717, 1.165) is 3.57 Å². The summed E-state index contributed by atoms with van der Waals surface area (Å²) in [6.45, 7) is 0.354. The normalized spacial score (nSPS) is 12.1. The predicted octanol–water partition coefficient (Wildman–Crippen LogP) is 1.42. The molecular weight excluding hydrogens is 493 g/mol. The van der Waals surface area contributed by atoms with E-state index < -0.39 is 30.1 Å². The first-order chi connectivity index (χ1) is 13.7. The van der Waals surface area contributed by atoms with Gasteiger partial charge in [0.15, 0.2) is 0 Å². The van der Waals surface area contributed by atoms with Crippen LogP contribution in [0.15, 0.2) is 24.3 Å². The van der Waals surface area contributed by atoms with Crippen molar-refractivity contribution in [1.82, 2.24) is 16.0 Å². The molecule has 3 amide bonds. The van der Waals surface area contributed by atoms with Gasteiger partial charge in [0.25, 0.3) is 5.91 Å². The third-order valence-corrected chi connectivity index (χ3v) is 4.56. The number of carbonyl (C=O) groups excluding carboxylic acids is 2. The van der Waals surface area contributed by atoms with Crippen LogP contribution >= 0.6 is 22.6 Å². The van der Waals surface area contributed by atoms with E-state index in [1.54, 1.807) is 12.1 Å². The molecule has 29 heavy (non-hydrogen) atoms. The molecule has 0 radical (unpaired) electrons. The van der Waals surface area contributed by atoms with E-state index in [0.29, 0.717) is 24.9 Å². The quantitative estimate of drug-likeness (QED) is 0.171. The maximum atomic E-state index is 12.0. The van der Waals surface area contributed by atoms with Crippen molar-refractivity contribution in [2.24, 2.45) is 0 Å². The smallest absolute Gasteiger partial charge is 0.327 e. The molecule has 0 aliphatic carbocycles. The van der Waals surface area contributed by atoms with Crippen molar-refractivity contribution in [2.75, 3.05) is 6.54 Å². The highest BCUT2D eigenvalue weighted by Gasteiger charge is 2.23. The molecule has 0 aromatic heterocycles. The molecule has 0 spiro atoms. The van der Waals surface area contributed by atoms with Gasteiger partial charge in [0.2, 0.25) is 0 Å². The molecule has 0 saturated heterocycles. The van der Waals surface area contributed by atoms with E-state index >= 15 is 0 Å². The largest absolute Gasteiger partial charge is 0.480 e. The van der Waals surface area contributed by atoms with Gasteiger partial charge in [-0.05, 0) is 66.1 Å². The maximum Gasteiger partial charge on any atom is 0.327 e. The third kappa shape index (κ3) is 9.29. The van der Waals surface area contributed by atoms with E-state index in [4.69, 9.17) is 11.5 Å². The summed E-state index contributed by atoms with van der Waals surface area (Å²) in [5.74, 6) is -0.647. The average molecular weight is 515 g/mol. The average Bonchev–Trinajstić information content (AvgIpc) is 2.66. The molecule has 156 valence electrons. The number of carboxylic acids is 2. The number of amides is 3. The molecule has 2 atom stereocenters. The van der Waals surface area contributed by atoms with Crippen LogP contribution in [0.5, 0.6) is 0 Å². The number of rotatable bonds is 11. The van der Waals surface area contributed by atoms with Gasteiger partial charge in [-0.2, -0.15) is 0 Å². The molecule has 1 aromatic rings. The van der Waals surface area contributed by atoms with Crippen LogP contribution in [0.4, 0.5) is 4.79 Å². The molecule has 10 heteroatoms. The minimum absolute atomic E-state index is 0.120. The van der Waals surface area contributed by atoms with E-state index in [-0.39, 0.29) is 18.7 Å². The highest BCUT2D eigenvalue weighted by Crippen LogP contribution is 2.07. The van der Waals surface area contributed by atoms with Gasteiger partial charge in [0.05, 0.1) is 0 Å². The van der Waals surface area contributed by atoms with Crippen LogP contribution in [0.2, 0.25) is 0 Å². The Morgan fingerprint density at radius 3 is 2.14 bits per heavy atom. The molecule has 9 nitrogen and oxygen atoms in total. The first kappa shape index (κ1) is 24.2. The van der Waals surface area contributed by atoms with Crippen LogP contribution in [0.1, 0.15) is 36.0 Å². The van der Waals surface area contributed by atoms with Gasteiger partial charge < -0.3 is 26.2 Å². The summed E-state index contributed by atoms with van der Waals surface area (Å²) in [4.78, 5) is 46.1. The number of carboxylic acid groups (broad SMARTS) is 2. The number of benzene rings is 1. The minimum atomic E-state index is -1.31. The second-order valence-electron chi connectivity index (χ2n) is 6.07. The third-order valence-electron chi connectivity index (χ3n) is 3.84. The summed E-state index contributed by atoms with van der Waals surface area (Å²) in [7, 11) is 0. The van der Waals surface area contributed by atoms with Crippen LogP contribution < -0.4 is 16.0 Å². The van der Waals surface area contributed by atoms with E-state index in [9.17, 15) is 24.3 Å². The second-order valence-corrected chi connectivity index (χ2v) is 7.31. The van der Waals surface area contributed by atoms with Crippen molar-refractivity contribution < 1.29 is 29.4 Å². The lowest BCUT2D eigenvalue weighted by Gasteiger charge is -2.17. The van der Waals surface area contributed by atoms with Gasteiger partial charge in [-0.15, -0.1) is 12.3 Å². The van der Waals surface area contributed by atoms with Crippen LogP contribution in [-0.4, -0.2) is 52.7 Å². The zero-order valence-electron chi connectivity index (χ0n) is 15.5. The van der Waals surface area contributed by atoms with Gasteiger partial charge in [-0.3, -0.25) is 4.79 Å². The Hall–Kier alpha value is -2.81. The number of halogens is 1. The zero-order valence-corrected chi connectivity index (χ0v) is 17.6. The Kier molecular flexibility index (Phi) is 10.5. The summed E-state index contributed by atoms with van der Waals surface area (Å²) < 4.78 is 1.02. The zero-order chi connectivity index (χ0) is 21.8. The lowest BCUT2D eigenvalue weighted by atomic mass is 10.1. The van der Waals surface area contributed by atoms with Gasteiger partial charge in [-0.1, -0.05) is 0 Å². The predicted molar refractivity (Wildman–Crippen MR) is 113 cm³/mol. The maximum absolute atomic E-state index is 12.0. The molecule has 0 heterocycles. The first-order valence-electron chi connectivity index (χ1n) is 8.74. The van der Waals surface area contributed by atoms with Crippen molar-refractivity contribution in [3.63, 3.8) is 0 Å². The van der Waals surface area contributed by atoms with Crippen LogP contribution in [0, 0.1) is 15.9 Å². The number of urea groups is 1. The Morgan fingerprint density at radius 2 is 1.59 bits per heavy atom. The molecule has 0 unspecified atom stereocenters. The molecule has 0 aliphatic heterocycles. The summed E-state index contributed by atoms with van der Waals surface area (Å²) >= 11 is 2.14. The molecule has 0 saturated carbocycles. The summed E-state index contributed by atoms with van der Waals surface area (Å²) in [6, 6.07) is 3.65. The molecule has 5 N–H and O–H groups in total. The highest BCUT2D eigenvalue weighted by atomic mass is 127. The topological polar surface area (TPSA) is 145 Å².